The molecule has 0 aromatic carbocycles. The topological polar surface area (TPSA) is 82.2 Å². The molecule has 4 atom stereocenters. The van der Waals surface area contributed by atoms with Crippen LogP contribution in [0, 0.1) is 5.92 Å². The van der Waals surface area contributed by atoms with Gasteiger partial charge in [-0.2, -0.15) is 0 Å². The number of carbonyl (C=O) groups is 1. The lowest BCUT2D eigenvalue weighted by atomic mass is 9.68. The van der Waals surface area contributed by atoms with Gasteiger partial charge in [-0.3, -0.25) is 4.79 Å². The first kappa shape index (κ1) is 11.7. The van der Waals surface area contributed by atoms with Crippen molar-refractivity contribution in [3.63, 3.8) is 0 Å². The average Bonchev–Trinajstić information content (AvgIpc) is 2.81. The molecule has 0 bridgehead atoms. The Balaban J connectivity index is 1.67. The Hall–Kier alpha value is -1.40. The first-order valence-corrected chi connectivity index (χ1v) is 6.34. The number of ether oxygens (including phenoxy) is 1. The summed E-state index contributed by atoms with van der Waals surface area (Å²) < 4.78 is 7.38. The van der Waals surface area contributed by atoms with Crippen LogP contribution in [0.4, 0.5) is 0 Å². The maximum Gasteiger partial charge on any atom is 0.287 e. The average molecular weight is 250 g/mol. The summed E-state index contributed by atoms with van der Waals surface area (Å²) in [5.41, 5.74) is 6.10. The summed E-state index contributed by atoms with van der Waals surface area (Å²) >= 11 is 0. The predicted molar refractivity (Wildman–Crippen MR) is 64.9 cm³/mol. The van der Waals surface area contributed by atoms with Crippen LogP contribution >= 0.6 is 0 Å². The Morgan fingerprint density at radius 1 is 1.67 bits per heavy atom. The number of nitrogens with zero attached hydrogens (tertiary/aromatic N) is 2. The number of hydrogen-bond donors (Lipinski definition) is 2. The Kier molecular flexibility index (Phi) is 2.83. The van der Waals surface area contributed by atoms with Gasteiger partial charge in [-0.15, -0.1) is 0 Å². The second-order valence-corrected chi connectivity index (χ2v) is 5.08. The van der Waals surface area contributed by atoms with Crippen molar-refractivity contribution in [2.24, 2.45) is 18.7 Å². The van der Waals surface area contributed by atoms with Gasteiger partial charge in [-0.25, -0.2) is 4.98 Å². The van der Waals surface area contributed by atoms with Crippen LogP contribution in [0.25, 0.3) is 0 Å². The molecule has 4 unspecified atom stereocenters. The van der Waals surface area contributed by atoms with Crippen molar-refractivity contribution in [2.45, 2.75) is 31.0 Å². The smallest absolute Gasteiger partial charge is 0.287 e. The van der Waals surface area contributed by atoms with E-state index >= 15 is 0 Å². The highest BCUT2D eigenvalue weighted by Gasteiger charge is 2.51. The quantitative estimate of drug-likeness (QED) is 0.752. The molecule has 3 N–H and O–H groups in total. The molecule has 18 heavy (non-hydrogen) atoms. The molecule has 1 aliphatic heterocycles. The Morgan fingerprint density at radius 3 is 3.22 bits per heavy atom. The van der Waals surface area contributed by atoms with Gasteiger partial charge < -0.3 is 20.4 Å². The molecule has 98 valence electrons. The molecular weight excluding hydrogens is 232 g/mol. The normalized spacial score (nSPS) is 34.6. The Bertz CT molecular complexity index is 459. The standard InChI is InChI=1S/C12H18N4O2/c1-16-5-4-14-11(16)12(17)15-9-8(13)7-3-2-6-18-10(7)9/h4-5,7-10H,2-3,6,13H2,1H3,(H,15,17). The molecule has 2 heterocycles. The van der Waals surface area contributed by atoms with E-state index in [1.165, 1.54) is 0 Å². The third kappa shape index (κ3) is 1.72. The summed E-state index contributed by atoms with van der Waals surface area (Å²) in [5, 5.41) is 2.94. The van der Waals surface area contributed by atoms with Crippen LogP contribution in [0.2, 0.25) is 0 Å². The molecule has 2 fully saturated rings. The number of carbonyl (C=O) groups excluding carboxylic acids is 1. The van der Waals surface area contributed by atoms with Gasteiger partial charge in [0.25, 0.3) is 5.91 Å². The zero-order chi connectivity index (χ0) is 12.7. The van der Waals surface area contributed by atoms with Gasteiger partial charge in [0.15, 0.2) is 5.82 Å². The van der Waals surface area contributed by atoms with E-state index in [1.54, 1.807) is 24.0 Å². The second kappa shape index (κ2) is 4.37. The zero-order valence-electron chi connectivity index (χ0n) is 10.4. The summed E-state index contributed by atoms with van der Waals surface area (Å²) in [7, 11) is 1.79. The van der Waals surface area contributed by atoms with E-state index in [-0.39, 0.29) is 24.1 Å². The Morgan fingerprint density at radius 2 is 2.50 bits per heavy atom. The van der Waals surface area contributed by atoms with E-state index in [2.05, 4.69) is 10.3 Å². The van der Waals surface area contributed by atoms with Gasteiger partial charge >= 0.3 is 0 Å². The van der Waals surface area contributed by atoms with Crippen LogP contribution in [0.15, 0.2) is 12.4 Å². The number of rotatable bonds is 2. The Labute approximate surface area is 106 Å². The summed E-state index contributed by atoms with van der Waals surface area (Å²) in [6.45, 7) is 0.767. The van der Waals surface area contributed by atoms with E-state index in [0.717, 1.165) is 19.4 Å². The minimum absolute atomic E-state index is 0.000446. The number of fused-ring (bicyclic) bond motifs is 1. The van der Waals surface area contributed by atoms with Crippen molar-refractivity contribution >= 4 is 5.91 Å². The first-order valence-electron chi connectivity index (χ1n) is 6.34. The van der Waals surface area contributed by atoms with Crippen molar-refractivity contribution in [1.29, 1.82) is 0 Å². The van der Waals surface area contributed by atoms with E-state index in [9.17, 15) is 4.79 Å². The number of amides is 1. The molecule has 1 saturated carbocycles. The molecule has 0 radical (unpaired) electrons. The van der Waals surface area contributed by atoms with E-state index < -0.39 is 0 Å². The molecule has 6 nitrogen and oxygen atoms in total. The van der Waals surface area contributed by atoms with Crippen LogP contribution in [-0.4, -0.2) is 40.3 Å². The van der Waals surface area contributed by atoms with Gasteiger partial charge in [0, 0.05) is 38.0 Å². The lowest BCUT2D eigenvalue weighted by molar-refractivity contribution is -0.117. The number of imidazole rings is 1. The van der Waals surface area contributed by atoms with Crippen LogP contribution in [-0.2, 0) is 11.8 Å². The number of nitrogens with one attached hydrogen (secondary N) is 1. The molecule has 6 heteroatoms. The van der Waals surface area contributed by atoms with Crippen molar-refractivity contribution in [3.05, 3.63) is 18.2 Å². The fourth-order valence-corrected chi connectivity index (χ4v) is 2.93. The zero-order valence-corrected chi connectivity index (χ0v) is 10.4. The van der Waals surface area contributed by atoms with E-state index in [0.29, 0.717) is 11.7 Å². The van der Waals surface area contributed by atoms with E-state index in [1.807, 2.05) is 0 Å². The molecule has 1 aromatic heterocycles. The van der Waals surface area contributed by atoms with Crippen LogP contribution in [0.3, 0.4) is 0 Å². The molecule has 1 aromatic rings. The van der Waals surface area contributed by atoms with Gasteiger partial charge in [-0.1, -0.05) is 0 Å². The maximum absolute atomic E-state index is 12.0. The van der Waals surface area contributed by atoms with Gasteiger partial charge in [0.2, 0.25) is 0 Å². The summed E-state index contributed by atoms with van der Waals surface area (Å²) in [6.07, 6.45) is 5.60. The number of aromatic nitrogens is 2. The van der Waals surface area contributed by atoms with Gasteiger partial charge in [0.05, 0.1) is 12.1 Å². The second-order valence-electron chi connectivity index (χ2n) is 5.08. The van der Waals surface area contributed by atoms with Crippen molar-refractivity contribution < 1.29 is 9.53 Å². The van der Waals surface area contributed by atoms with Gasteiger partial charge in [0.1, 0.15) is 0 Å². The highest BCUT2D eigenvalue weighted by molar-refractivity contribution is 5.91. The summed E-state index contributed by atoms with van der Waals surface area (Å²) in [4.78, 5) is 16.1. The third-order valence-electron chi connectivity index (χ3n) is 4.00. The number of aryl methyl sites for hydroxylation is 1. The summed E-state index contributed by atoms with van der Waals surface area (Å²) in [6, 6.07) is -0.0842. The fraction of sp³-hybridized carbons (Fsp3) is 0.667. The lowest BCUT2D eigenvalue weighted by Gasteiger charge is -2.52. The molecule has 3 rings (SSSR count). The summed E-state index contributed by atoms with van der Waals surface area (Å²) in [5.74, 6) is 0.613. The van der Waals surface area contributed by atoms with E-state index in [4.69, 9.17) is 10.5 Å². The number of hydrogen-bond acceptors (Lipinski definition) is 4. The fourth-order valence-electron chi connectivity index (χ4n) is 2.93. The molecule has 1 aliphatic carbocycles. The highest BCUT2D eigenvalue weighted by Crippen LogP contribution is 2.36. The number of nitrogens with two attached hydrogens (primary N) is 1. The maximum atomic E-state index is 12.0. The van der Waals surface area contributed by atoms with Crippen molar-refractivity contribution in [2.75, 3.05) is 6.61 Å². The minimum atomic E-state index is -0.185. The van der Waals surface area contributed by atoms with Crippen LogP contribution in [0.1, 0.15) is 23.5 Å². The lowest BCUT2D eigenvalue weighted by Crippen LogP contribution is -2.72. The van der Waals surface area contributed by atoms with Gasteiger partial charge in [-0.05, 0) is 12.8 Å². The highest BCUT2D eigenvalue weighted by atomic mass is 16.5. The SMILES string of the molecule is Cn1ccnc1C(=O)NC1C(N)C2CCCOC21. The molecule has 1 amide bonds. The van der Waals surface area contributed by atoms with Crippen molar-refractivity contribution in [1.82, 2.24) is 14.9 Å². The third-order valence-corrected chi connectivity index (χ3v) is 4.00. The largest absolute Gasteiger partial charge is 0.376 e. The first-order chi connectivity index (χ1) is 8.68. The monoisotopic (exact) mass is 250 g/mol. The molecule has 2 aliphatic rings. The molecule has 0 spiro atoms. The van der Waals surface area contributed by atoms with Crippen molar-refractivity contribution in [3.8, 4) is 0 Å². The molecular formula is C12H18N4O2. The van der Waals surface area contributed by atoms with Crippen LogP contribution < -0.4 is 11.1 Å². The molecule has 1 saturated heterocycles. The predicted octanol–water partition coefficient (Wildman–Crippen LogP) is -0.345. The van der Waals surface area contributed by atoms with Crippen LogP contribution in [0.5, 0.6) is 0 Å². The minimum Gasteiger partial charge on any atom is -0.376 e.